The van der Waals surface area contributed by atoms with Gasteiger partial charge in [-0.3, -0.25) is 0 Å². The molecule has 1 aromatic carbocycles. The Morgan fingerprint density at radius 2 is 1.51 bits per heavy atom. The molecule has 4 atom stereocenters. The van der Waals surface area contributed by atoms with E-state index in [-0.39, 0.29) is 22.3 Å². The summed E-state index contributed by atoms with van der Waals surface area (Å²) in [5.74, 6) is 8.84. The number of aromatic nitrogens is 6. The lowest BCUT2D eigenvalue weighted by molar-refractivity contribution is -0.0244. The first kappa shape index (κ1) is 40.6. The van der Waals surface area contributed by atoms with Gasteiger partial charge in [0.2, 0.25) is 0 Å². The number of nitrogens with two attached hydrogens (primary N) is 2. The second-order valence-corrected chi connectivity index (χ2v) is 27.8. The van der Waals surface area contributed by atoms with E-state index in [1.54, 1.807) is 24.2 Å². The molecule has 292 valence electrons. The van der Waals surface area contributed by atoms with E-state index in [1.807, 2.05) is 42.0 Å². The van der Waals surface area contributed by atoms with E-state index in [4.69, 9.17) is 34.6 Å². The number of fused-ring (bicyclic) bond motifs is 1. The van der Waals surface area contributed by atoms with Gasteiger partial charge in [0.05, 0.1) is 28.3 Å². The number of hydrogen-bond donors (Lipinski definition) is 2. The Morgan fingerprint density at radius 3 is 2.15 bits per heavy atom. The molecule has 1 fully saturated rings. The number of nitrogens with zero attached hydrogens (tertiary/aromatic N) is 6. The van der Waals surface area contributed by atoms with E-state index in [2.05, 4.69) is 99.7 Å². The van der Waals surface area contributed by atoms with Gasteiger partial charge in [0.1, 0.15) is 36.3 Å². The van der Waals surface area contributed by atoms with Crippen LogP contribution in [0.15, 0.2) is 60.0 Å². The van der Waals surface area contributed by atoms with Gasteiger partial charge in [-0.05, 0) is 67.5 Å². The van der Waals surface area contributed by atoms with E-state index in [1.165, 1.54) is 12.7 Å². The number of benzene rings is 1. The molecule has 1 aliphatic heterocycles. The molecular weight excluding hydrogens is 745 g/mol. The fraction of sp³-hybridized carbons (Fsp3) is 0.475. The molecule has 0 bridgehead atoms. The maximum absolute atomic E-state index is 7.43. The van der Waals surface area contributed by atoms with Crippen molar-refractivity contribution in [3.05, 3.63) is 77.9 Å². The van der Waals surface area contributed by atoms with Gasteiger partial charge in [-0.2, -0.15) is 11.8 Å². The maximum atomic E-state index is 7.43. The largest absolute Gasteiger partial charge is 0.408 e. The van der Waals surface area contributed by atoms with Crippen LogP contribution in [0, 0.1) is 18.8 Å². The van der Waals surface area contributed by atoms with Crippen LogP contribution in [0.3, 0.4) is 0 Å². The summed E-state index contributed by atoms with van der Waals surface area (Å²) in [5, 5.41) is 4.85. The topological polar surface area (TPSA) is 162 Å². The first-order valence-corrected chi connectivity index (χ1v) is 25.5. The van der Waals surface area contributed by atoms with Crippen LogP contribution in [0.1, 0.15) is 70.2 Å². The molecule has 5 heterocycles. The predicted molar refractivity (Wildman–Crippen MR) is 225 cm³/mol. The summed E-state index contributed by atoms with van der Waals surface area (Å²) >= 11 is 1.76. The summed E-state index contributed by atoms with van der Waals surface area (Å²) in [6.07, 6.45) is 6.50. The second-order valence-electron chi connectivity index (χ2n) is 17.2. The van der Waals surface area contributed by atoms with Crippen molar-refractivity contribution in [3.63, 3.8) is 0 Å². The minimum Gasteiger partial charge on any atom is -0.408 e. The number of thioether (sulfide) groups is 1. The zero-order valence-electron chi connectivity index (χ0n) is 33.8. The Balaban J connectivity index is 1.42. The molecule has 0 amide bonds. The lowest BCUT2D eigenvalue weighted by Gasteiger charge is -2.44. The predicted octanol–water partition coefficient (Wildman–Crippen LogP) is 8.36. The van der Waals surface area contributed by atoms with Crippen molar-refractivity contribution >= 4 is 50.9 Å². The zero-order valence-corrected chi connectivity index (χ0v) is 36.6. The van der Waals surface area contributed by atoms with Crippen LogP contribution >= 0.6 is 11.8 Å². The van der Waals surface area contributed by atoms with Crippen LogP contribution in [0.25, 0.3) is 22.4 Å². The lowest BCUT2D eigenvalue weighted by atomic mass is 10.1. The van der Waals surface area contributed by atoms with E-state index in [0.717, 1.165) is 22.6 Å². The summed E-state index contributed by atoms with van der Waals surface area (Å²) in [5.41, 5.74) is 18.0. The molecular formula is C40H54N8O4SSi2. The first-order valence-electron chi connectivity index (χ1n) is 18.6. The number of rotatable bonds is 10. The third-order valence-corrected chi connectivity index (χ3v) is 21.3. The lowest BCUT2D eigenvalue weighted by Crippen LogP contribution is -2.53. The molecule has 6 rings (SSSR count). The maximum Gasteiger partial charge on any atom is 0.192 e. The van der Waals surface area contributed by atoms with Crippen LogP contribution in [-0.4, -0.2) is 70.4 Å². The number of hydrogen-bond acceptors (Lipinski definition) is 12. The Bertz CT molecular complexity index is 2180. The molecule has 0 saturated carbocycles. The van der Waals surface area contributed by atoms with Gasteiger partial charge in [-0.1, -0.05) is 58.5 Å². The third kappa shape index (κ3) is 8.54. The molecule has 15 heteroatoms. The van der Waals surface area contributed by atoms with Gasteiger partial charge >= 0.3 is 0 Å². The molecule has 55 heavy (non-hydrogen) atoms. The van der Waals surface area contributed by atoms with E-state index < -0.39 is 29.0 Å². The molecule has 4 aromatic heterocycles. The van der Waals surface area contributed by atoms with E-state index in [0.29, 0.717) is 45.2 Å². The van der Waals surface area contributed by atoms with E-state index >= 15 is 0 Å². The summed E-state index contributed by atoms with van der Waals surface area (Å²) in [6, 6.07) is 7.67. The van der Waals surface area contributed by atoms with Crippen molar-refractivity contribution in [2.75, 3.05) is 17.2 Å². The number of anilines is 2. The van der Waals surface area contributed by atoms with Gasteiger partial charge in [0.15, 0.2) is 28.6 Å². The smallest absolute Gasteiger partial charge is 0.192 e. The van der Waals surface area contributed by atoms with Crippen molar-refractivity contribution in [1.82, 2.24) is 29.7 Å². The number of ether oxygens (including phenoxy) is 1. The summed E-state index contributed by atoms with van der Waals surface area (Å²) < 4.78 is 29.9. The zero-order chi connectivity index (χ0) is 39.9. The molecule has 1 aliphatic rings. The quantitative estimate of drug-likeness (QED) is 0.0790. The van der Waals surface area contributed by atoms with Gasteiger partial charge in [-0.25, -0.2) is 19.9 Å². The Labute approximate surface area is 330 Å². The summed E-state index contributed by atoms with van der Waals surface area (Å²) in [6.45, 7) is 24.6. The van der Waals surface area contributed by atoms with Gasteiger partial charge in [-0.15, -0.1) is 0 Å². The Hall–Kier alpha value is -4.05. The molecule has 0 radical (unpaired) electrons. The van der Waals surface area contributed by atoms with Crippen molar-refractivity contribution in [3.8, 4) is 23.2 Å². The van der Waals surface area contributed by atoms with E-state index in [9.17, 15) is 0 Å². The van der Waals surface area contributed by atoms with Crippen LogP contribution in [0.2, 0.25) is 36.3 Å². The SMILES string of the molecule is Cc1noc(-c2ccc(N)cc2)c1CSC[C@H]1O[C@@H](n2cc(C#Cc3cncnc3)c3c(N)ncnc32)[C@H](O[Si](C)(C)C(C)(C)C)[C@@H]1O[Si](C)(C)C(C)(C)C. The molecule has 0 aliphatic carbocycles. The van der Waals surface area contributed by atoms with Crippen molar-refractivity contribution in [1.29, 1.82) is 0 Å². The number of nitrogen functional groups attached to an aromatic ring is 2. The molecule has 1 saturated heterocycles. The standard InChI is InChI=1S/C40H54N8O4SSi2/c1-25-30(33(50-47-25)27-14-16-29(41)17-15-27)21-53-22-31-34(51-54(8,9)39(2,3)4)35(52-55(10,11)40(5,6)7)38(49-31)48-20-28(13-12-26-18-43-23-44-19-26)32-36(42)45-24-46-37(32)48/h14-20,23-24,31,34-35,38H,21-22,41H2,1-11H3,(H2,42,45,46)/t31-,34-,35-,38-/m1/s1. The fourth-order valence-corrected chi connectivity index (χ4v) is 9.73. The fourth-order valence-electron chi connectivity index (χ4n) is 5.97. The van der Waals surface area contributed by atoms with Crippen LogP contribution in [0.5, 0.6) is 0 Å². The highest BCUT2D eigenvalue weighted by Crippen LogP contribution is 2.47. The highest BCUT2D eigenvalue weighted by molar-refractivity contribution is 7.98. The highest BCUT2D eigenvalue weighted by atomic mass is 32.2. The Kier molecular flexibility index (Phi) is 11.4. The highest BCUT2D eigenvalue weighted by Gasteiger charge is 2.54. The molecule has 5 aromatic rings. The average molecular weight is 799 g/mol. The van der Waals surface area contributed by atoms with Crippen molar-refractivity contribution in [2.24, 2.45) is 0 Å². The Morgan fingerprint density at radius 1 is 0.873 bits per heavy atom. The summed E-state index contributed by atoms with van der Waals surface area (Å²) in [4.78, 5) is 17.3. The number of aryl methyl sites for hydroxylation is 1. The van der Waals surface area contributed by atoms with Crippen molar-refractivity contribution in [2.45, 2.75) is 115 Å². The van der Waals surface area contributed by atoms with Gasteiger partial charge in [0, 0.05) is 46.9 Å². The normalized spacial score (nSPS) is 19.5. The minimum atomic E-state index is -2.39. The van der Waals surface area contributed by atoms with Crippen LogP contribution < -0.4 is 11.5 Å². The molecule has 12 nitrogen and oxygen atoms in total. The first-order chi connectivity index (χ1) is 25.8. The molecule has 0 unspecified atom stereocenters. The average Bonchev–Trinajstić information content (AvgIpc) is 3.77. The summed E-state index contributed by atoms with van der Waals surface area (Å²) in [7, 11) is -4.74. The molecule has 4 N–H and O–H groups in total. The second kappa shape index (κ2) is 15.5. The monoisotopic (exact) mass is 798 g/mol. The van der Waals surface area contributed by atoms with Gasteiger partial charge < -0.3 is 34.1 Å². The van der Waals surface area contributed by atoms with Gasteiger partial charge in [0.25, 0.3) is 0 Å². The van der Waals surface area contributed by atoms with Crippen LogP contribution in [0.4, 0.5) is 11.5 Å². The third-order valence-electron chi connectivity index (χ3n) is 11.3. The van der Waals surface area contributed by atoms with Crippen LogP contribution in [-0.2, 0) is 19.3 Å². The molecule has 0 spiro atoms. The minimum absolute atomic E-state index is 0.0520. The van der Waals surface area contributed by atoms with Crippen molar-refractivity contribution < 1.29 is 18.1 Å².